The van der Waals surface area contributed by atoms with Gasteiger partial charge in [0.05, 0.1) is 0 Å². The van der Waals surface area contributed by atoms with Crippen molar-refractivity contribution >= 4 is 51.7 Å². The summed E-state index contributed by atoms with van der Waals surface area (Å²) in [4.78, 5) is 0. The Morgan fingerprint density at radius 3 is 2.19 bits per heavy atom. The normalized spacial score (nSPS) is 10.4. The molecule has 1 rings (SSSR count). The van der Waals surface area contributed by atoms with Crippen molar-refractivity contribution in [1.82, 2.24) is 0 Å². The van der Waals surface area contributed by atoms with Gasteiger partial charge in [-0.3, -0.25) is 0 Å². The summed E-state index contributed by atoms with van der Waals surface area (Å²) in [5.41, 5.74) is 2.76. The number of rotatable bonds is 6. The molecule has 0 aliphatic heterocycles. The maximum atomic E-state index is 5.05. The molecule has 0 saturated carbocycles. The van der Waals surface area contributed by atoms with Gasteiger partial charge in [-0.05, 0) is 24.3 Å². The third kappa shape index (κ3) is 6.18. The first kappa shape index (κ1) is 14.4. The van der Waals surface area contributed by atoms with Crippen molar-refractivity contribution in [2.75, 3.05) is 11.3 Å². The van der Waals surface area contributed by atoms with Crippen LogP contribution in [0, 0.1) is 0 Å². The van der Waals surface area contributed by atoms with E-state index >= 15 is 0 Å². The molecule has 0 N–H and O–H groups in total. The number of hydrogen-bond acceptors (Lipinski definition) is 4. The average Bonchev–Trinajstić information content (AvgIpc) is 2.28. The molecular weight excluding hydrogens is 272 g/mol. The molecule has 0 amide bonds. The zero-order valence-corrected chi connectivity index (χ0v) is 12.8. The highest BCUT2D eigenvalue weighted by Crippen LogP contribution is 2.18. The summed E-state index contributed by atoms with van der Waals surface area (Å²) in [6.07, 6.45) is 2.14. The van der Waals surface area contributed by atoms with Crippen molar-refractivity contribution in [3.63, 3.8) is 0 Å². The van der Waals surface area contributed by atoms with Gasteiger partial charge in [0.15, 0.2) is 0 Å². The van der Waals surface area contributed by atoms with E-state index in [1.54, 1.807) is 11.8 Å². The first-order valence-electron chi connectivity index (χ1n) is 5.00. The van der Waals surface area contributed by atoms with Crippen LogP contribution in [0.15, 0.2) is 24.3 Å². The Kier molecular flexibility index (Phi) is 7.62. The van der Waals surface area contributed by atoms with Crippen LogP contribution >= 0.6 is 47.5 Å². The molecular formula is C12H16S4. The zero-order chi connectivity index (χ0) is 11.8. The van der Waals surface area contributed by atoms with E-state index in [2.05, 4.69) is 30.5 Å². The molecule has 0 aromatic heterocycles. The van der Waals surface area contributed by atoms with Crippen LogP contribution in [0.1, 0.15) is 18.1 Å². The van der Waals surface area contributed by atoms with E-state index in [4.69, 9.17) is 12.2 Å². The smallest absolute Gasteiger partial charge is 0.0450 e. The van der Waals surface area contributed by atoms with E-state index in [1.807, 2.05) is 30.4 Å². The molecule has 1 aromatic rings. The first-order valence-corrected chi connectivity index (χ1v) is 8.94. The Bertz CT molecular complexity index is 318. The molecule has 0 radical (unpaired) electrons. The molecule has 4 heteroatoms. The van der Waals surface area contributed by atoms with E-state index in [0.717, 1.165) is 15.7 Å². The fourth-order valence-corrected chi connectivity index (χ4v) is 3.33. The third-order valence-electron chi connectivity index (χ3n) is 1.93. The van der Waals surface area contributed by atoms with E-state index in [1.165, 1.54) is 16.2 Å². The molecule has 0 bridgehead atoms. The van der Waals surface area contributed by atoms with Gasteiger partial charge in [-0.25, -0.2) is 0 Å². The van der Waals surface area contributed by atoms with E-state index in [0.29, 0.717) is 0 Å². The van der Waals surface area contributed by atoms with Gasteiger partial charge >= 0.3 is 0 Å². The number of hydrogen-bond donors (Lipinski definition) is 0. The topological polar surface area (TPSA) is 0 Å². The van der Waals surface area contributed by atoms with Crippen molar-refractivity contribution in [3.8, 4) is 0 Å². The summed E-state index contributed by atoms with van der Waals surface area (Å²) in [6.45, 7) is 1.98. The van der Waals surface area contributed by atoms with Crippen LogP contribution < -0.4 is 0 Å². The molecule has 88 valence electrons. The van der Waals surface area contributed by atoms with Crippen LogP contribution in [0.2, 0.25) is 0 Å². The Morgan fingerprint density at radius 2 is 1.69 bits per heavy atom. The van der Waals surface area contributed by atoms with E-state index in [9.17, 15) is 0 Å². The molecule has 16 heavy (non-hydrogen) atoms. The van der Waals surface area contributed by atoms with Gasteiger partial charge in [-0.15, -0.1) is 23.5 Å². The molecule has 0 nitrogen and oxygen atoms in total. The monoisotopic (exact) mass is 288 g/mol. The Balaban J connectivity index is 2.38. The highest BCUT2D eigenvalue weighted by Gasteiger charge is 1.97. The van der Waals surface area contributed by atoms with Crippen molar-refractivity contribution in [2.45, 2.75) is 18.4 Å². The van der Waals surface area contributed by atoms with Gasteiger partial charge in [0.1, 0.15) is 0 Å². The van der Waals surface area contributed by atoms with E-state index < -0.39 is 0 Å². The predicted octanol–water partition coefficient (Wildman–Crippen LogP) is 4.82. The lowest BCUT2D eigenvalue weighted by Gasteiger charge is -2.03. The minimum Gasteiger partial charge on any atom is -0.154 e. The number of thioether (sulfide) groups is 3. The maximum absolute atomic E-state index is 5.05. The zero-order valence-electron chi connectivity index (χ0n) is 9.56. The van der Waals surface area contributed by atoms with Crippen molar-refractivity contribution in [3.05, 3.63) is 35.4 Å². The SMILES string of the molecule is CSCSCc1ccc(CSC(C)=S)cc1. The highest BCUT2D eigenvalue weighted by atomic mass is 32.2. The van der Waals surface area contributed by atoms with E-state index in [-0.39, 0.29) is 0 Å². The molecule has 0 aliphatic carbocycles. The van der Waals surface area contributed by atoms with Crippen molar-refractivity contribution < 1.29 is 0 Å². The fourth-order valence-electron chi connectivity index (χ4n) is 1.16. The lowest BCUT2D eigenvalue weighted by atomic mass is 10.2. The lowest BCUT2D eigenvalue weighted by molar-refractivity contribution is 1.35. The van der Waals surface area contributed by atoms with Crippen LogP contribution in [-0.2, 0) is 11.5 Å². The summed E-state index contributed by atoms with van der Waals surface area (Å²) in [5.74, 6) is 2.11. The van der Waals surface area contributed by atoms with Gasteiger partial charge in [-0.1, -0.05) is 36.5 Å². The summed E-state index contributed by atoms with van der Waals surface area (Å²) < 4.78 is 1.01. The van der Waals surface area contributed by atoms with Crippen LogP contribution in [0.3, 0.4) is 0 Å². The minimum absolute atomic E-state index is 0.994. The number of benzene rings is 1. The average molecular weight is 289 g/mol. The van der Waals surface area contributed by atoms with Gasteiger partial charge < -0.3 is 0 Å². The highest BCUT2D eigenvalue weighted by molar-refractivity contribution is 8.22. The van der Waals surface area contributed by atoms with Gasteiger partial charge in [0, 0.05) is 20.8 Å². The van der Waals surface area contributed by atoms with Crippen LogP contribution in [0.25, 0.3) is 0 Å². The van der Waals surface area contributed by atoms with Crippen LogP contribution in [0.5, 0.6) is 0 Å². The Labute approximate surface area is 116 Å². The van der Waals surface area contributed by atoms with Gasteiger partial charge in [0.2, 0.25) is 0 Å². The molecule has 0 spiro atoms. The molecule has 0 saturated heterocycles. The summed E-state index contributed by atoms with van der Waals surface area (Å²) >= 11 is 10.6. The summed E-state index contributed by atoms with van der Waals surface area (Å²) in [6, 6.07) is 8.87. The minimum atomic E-state index is 0.994. The van der Waals surface area contributed by atoms with Crippen molar-refractivity contribution in [1.29, 1.82) is 0 Å². The largest absolute Gasteiger partial charge is 0.154 e. The second-order valence-electron chi connectivity index (χ2n) is 3.35. The van der Waals surface area contributed by atoms with Crippen molar-refractivity contribution in [2.24, 2.45) is 0 Å². The second kappa shape index (κ2) is 8.45. The quantitative estimate of drug-likeness (QED) is 0.418. The third-order valence-corrected chi connectivity index (χ3v) is 5.32. The summed E-state index contributed by atoms with van der Waals surface area (Å²) in [5, 5.41) is 1.17. The van der Waals surface area contributed by atoms with Gasteiger partial charge in [0.25, 0.3) is 0 Å². The molecule has 1 aromatic carbocycles. The molecule has 0 fully saturated rings. The van der Waals surface area contributed by atoms with Gasteiger partial charge in [-0.2, -0.15) is 11.8 Å². The predicted molar refractivity (Wildman–Crippen MR) is 85.7 cm³/mol. The standard InChI is InChI=1S/C12H16S4/c1-10(13)16-8-12-5-3-11(4-6-12)7-15-9-14-2/h3-6H,7-9H2,1-2H3. The molecule has 0 aliphatic rings. The Morgan fingerprint density at radius 1 is 1.12 bits per heavy atom. The first-order chi connectivity index (χ1) is 7.72. The fraction of sp³-hybridized carbons (Fsp3) is 0.417. The maximum Gasteiger partial charge on any atom is 0.0450 e. The summed E-state index contributed by atoms with van der Waals surface area (Å²) in [7, 11) is 0. The van der Waals surface area contributed by atoms with Crippen LogP contribution in [-0.4, -0.2) is 15.5 Å². The molecule has 0 unspecified atom stereocenters. The molecule has 0 atom stereocenters. The number of thiocarbonyl (C=S) groups is 1. The Hall–Kier alpha value is 0.360. The van der Waals surface area contributed by atoms with Crippen LogP contribution in [0.4, 0.5) is 0 Å². The molecule has 0 heterocycles. The lowest BCUT2D eigenvalue weighted by Crippen LogP contribution is -1.86. The second-order valence-corrected chi connectivity index (χ2v) is 7.63.